The van der Waals surface area contributed by atoms with Crippen LogP contribution in [0, 0.1) is 0 Å². The molecule has 1 aliphatic rings. The molecule has 0 unspecified atom stereocenters. The maximum Gasteiger partial charge on any atom is 0.267 e. The van der Waals surface area contributed by atoms with Gasteiger partial charge in [0, 0.05) is 5.56 Å². The van der Waals surface area contributed by atoms with E-state index in [1.807, 2.05) is 91.0 Å². The van der Waals surface area contributed by atoms with Crippen molar-refractivity contribution in [3.63, 3.8) is 0 Å². The van der Waals surface area contributed by atoms with Gasteiger partial charge in [0.05, 0.1) is 25.1 Å². The van der Waals surface area contributed by atoms with Crippen molar-refractivity contribution < 1.29 is 9.53 Å². The summed E-state index contributed by atoms with van der Waals surface area (Å²) in [6.07, 6.45) is 1.94. The molecule has 4 nitrogen and oxygen atoms in total. The van der Waals surface area contributed by atoms with Crippen LogP contribution in [0.5, 0.6) is 5.75 Å². The lowest BCUT2D eigenvalue weighted by molar-refractivity contribution is -0.122. The van der Waals surface area contributed by atoms with Gasteiger partial charge >= 0.3 is 0 Å². The van der Waals surface area contributed by atoms with E-state index in [-0.39, 0.29) is 5.91 Å². The van der Waals surface area contributed by atoms with Gasteiger partial charge in [0.1, 0.15) is 5.75 Å². The molecule has 0 radical (unpaired) electrons. The molecule has 1 saturated heterocycles. The van der Waals surface area contributed by atoms with Gasteiger partial charge < -0.3 is 4.74 Å². The number of hydrogen-bond acceptors (Lipinski definition) is 4. The van der Waals surface area contributed by atoms with Crippen molar-refractivity contribution in [1.29, 1.82) is 0 Å². The number of fused-ring (bicyclic) bond motifs is 1. The number of carbonyl (C=O) groups is 1. The Bertz CT molecular complexity index is 1380. The van der Waals surface area contributed by atoms with Crippen LogP contribution in [0.2, 0.25) is 0 Å². The van der Waals surface area contributed by atoms with Crippen LogP contribution >= 0.6 is 11.8 Å². The lowest BCUT2D eigenvalue weighted by Crippen LogP contribution is -2.28. The van der Waals surface area contributed by atoms with Crippen LogP contribution in [0.1, 0.15) is 16.7 Å². The number of carbonyl (C=O) groups excluding carboxylic acids is 1. The normalized spacial score (nSPS) is 16.0. The molecule has 0 bridgehead atoms. The molecule has 4 aromatic carbocycles. The monoisotopic (exact) mass is 464 g/mol. The maximum atomic E-state index is 13.6. The van der Waals surface area contributed by atoms with Crippen molar-refractivity contribution in [1.82, 2.24) is 4.90 Å². The zero-order valence-corrected chi connectivity index (χ0v) is 19.7. The molecular weight excluding hydrogens is 440 g/mol. The fourth-order valence-corrected chi connectivity index (χ4v) is 4.96. The second-order valence-electron chi connectivity index (χ2n) is 7.97. The molecule has 1 heterocycles. The third kappa shape index (κ3) is 4.61. The van der Waals surface area contributed by atoms with Crippen LogP contribution < -0.4 is 4.74 Å². The fourth-order valence-electron chi connectivity index (χ4n) is 4.01. The van der Waals surface area contributed by atoms with Crippen LogP contribution in [0.25, 0.3) is 16.8 Å². The van der Waals surface area contributed by atoms with Crippen LogP contribution in [-0.4, -0.2) is 23.1 Å². The summed E-state index contributed by atoms with van der Waals surface area (Å²) in [4.78, 5) is 20.8. The zero-order chi connectivity index (χ0) is 23.3. The van der Waals surface area contributed by atoms with Crippen molar-refractivity contribution in [2.45, 2.75) is 13.1 Å². The summed E-state index contributed by atoms with van der Waals surface area (Å²) in [7, 11) is 1.66. The minimum Gasteiger partial charge on any atom is -0.496 e. The number of benzene rings is 4. The van der Waals surface area contributed by atoms with Crippen LogP contribution in [0.3, 0.4) is 0 Å². The number of rotatable bonds is 6. The number of hydrogen-bond donors (Lipinski definition) is 0. The first kappa shape index (κ1) is 22.0. The Kier molecular flexibility index (Phi) is 6.45. The molecule has 4 aromatic rings. The highest BCUT2D eigenvalue weighted by Crippen LogP contribution is 2.37. The lowest BCUT2D eigenvalue weighted by Gasteiger charge is -2.15. The Morgan fingerprint density at radius 3 is 2.26 bits per heavy atom. The van der Waals surface area contributed by atoms with Gasteiger partial charge in [0.25, 0.3) is 5.91 Å². The summed E-state index contributed by atoms with van der Waals surface area (Å²) in [6, 6.07) is 32.2. The lowest BCUT2D eigenvalue weighted by atomic mass is 10.0. The highest BCUT2D eigenvalue weighted by atomic mass is 32.2. The summed E-state index contributed by atoms with van der Waals surface area (Å²) >= 11 is 1.42. The van der Waals surface area contributed by atoms with Gasteiger partial charge in [0.15, 0.2) is 5.17 Å². The van der Waals surface area contributed by atoms with Crippen LogP contribution in [0.15, 0.2) is 107 Å². The van der Waals surface area contributed by atoms with E-state index in [2.05, 4.69) is 12.1 Å². The molecule has 1 aliphatic heterocycles. The third-order valence-corrected chi connectivity index (χ3v) is 6.78. The van der Waals surface area contributed by atoms with E-state index in [0.717, 1.165) is 33.2 Å². The molecule has 34 heavy (non-hydrogen) atoms. The third-order valence-electron chi connectivity index (χ3n) is 5.74. The summed E-state index contributed by atoms with van der Waals surface area (Å²) in [5.41, 5.74) is 3.07. The van der Waals surface area contributed by atoms with Crippen molar-refractivity contribution in [3.8, 4) is 5.75 Å². The zero-order valence-electron chi connectivity index (χ0n) is 18.8. The number of ether oxygens (including phenoxy) is 1. The summed E-state index contributed by atoms with van der Waals surface area (Å²) < 4.78 is 5.64. The summed E-state index contributed by atoms with van der Waals surface area (Å²) in [5.74, 6) is 0.694. The van der Waals surface area contributed by atoms with Crippen molar-refractivity contribution in [3.05, 3.63) is 119 Å². The van der Waals surface area contributed by atoms with Gasteiger partial charge in [-0.3, -0.25) is 14.7 Å². The fraction of sp³-hybridized carbons (Fsp3) is 0.103. The van der Waals surface area contributed by atoms with E-state index in [9.17, 15) is 4.79 Å². The molecule has 0 atom stereocenters. The Morgan fingerprint density at radius 1 is 0.853 bits per heavy atom. The van der Waals surface area contributed by atoms with E-state index in [0.29, 0.717) is 23.2 Å². The second kappa shape index (κ2) is 9.98. The molecule has 0 aliphatic carbocycles. The number of amidine groups is 1. The van der Waals surface area contributed by atoms with E-state index in [1.165, 1.54) is 11.8 Å². The van der Waals surface area contributed by atoms with Gasteiger partial charge in [-0.1, -0.05) is 91.0 Å². The highest BCUT2D eigenvalue weighted by Gasteiger charge is 2.33. The van der Waals surface area contributed by atoms with E-state index in [1.54, 1.807) is 12.0 Å². The largest absolute Gasteiger partial charge is 0.496 e. The first-order valence-electron chi connectivity index (χ1n) is 11.1. The SMILES string of the molecule is COc1ccc2ccccc2c1/C=C1/SC(=NCc2ccccc2)N(Cc2ccccc2)C1=O. The molecule has 0 spiro atoms. The Hall–Kier alpha value is -3.83. The molecular formula is C29H24N2O2S. The molecule has 0 aromatic heterocycles. The van der Waals surface area contributed by atoms with Gasteiger partial charge in [-0.2, -0.15) is 0 Å². The molecule has 168 valence electrons. The van der Waals surface area contributed by atoms with Crippen molar-refractivity contribution >= 4 is 39.7 Å². The molecule has 1 fully saturated rings. The van der Waals surface area contributed by atoms with E-state index in [4.69, 9.17) is 9.73 Å². The predicted octanol–water partition coefficient (Wildman–Crippen LogP) is 6.52. The Morgan fingerprint density at radius 2 is 1.53 bits per heavy atom. The van der Waals surface area contributed by atoms with Gasteiger partial charge in [-0.15, -0.1) is 0 Å². The number of aliphatic imine (C=N–C) groups is 1. The number of thioether (sulfide) groups is 1. The maximum absolute atomic E-state index is 13.6. The Labute approximate surface area is 203 Å². The van der Waals surface area contributed by atoms with Gasteiger partial charge in [-0.05, 0) is 45.8 Å². The second-order valence-corrected chi connectivity index (χ2v) is 8.98. The first-order valence-corrected chi connectivity index (χ1v) is 11.9. The molecule has 0 saturated carbocycles. The van der Waals surface area contributed by atoms with Crippen LogP contribution in [0.4, 0.5) is 0 Å². The van der Waals surface area contributed by atoms with Crippen molar-refractivity contribution in [2.24, 2.45) is 4.99 Å². The minimum absolute atomic E-state index is 0.0457. The van der Waals surface area contributed by atoms with E-state index < -0.39 is 0 Å². The number of methoxy groups -OCH3 is 1. The Balaban J connectivity index is 1.54. The molecule has 5 heteroatoms. The van der Waals surface area contributed by atoms with Crippen molar-refractivity contribution in [2.75, 3.05) is 7.11 Å². The number of nitrogens with zero attached hydrogens (tertiary/aromatic N) is 2. The van der Waals surface area contributed by atoms with Gasteiger partial charge in [-0.25, -0.2) is 0 Å². The van der Waals surface area contributed by atoms with Gasteiger partial charge in [0.2, 0.25) is 0 Å². The average molecular weight is 465 g/mol. The number of amides is 1. The van der Waals surface area contributed by atoms with E-state index >= 15 is 0 Å². The molecule has 5 rings (SSSR count). The topological polar surface area (TPSA) is 41.9 Å². The average Bonchev–Trinajstić information content (AvgIpc) is 3.18. The summed E-state index contributed by atoms with van der Waals surface area (Å²) in [5, 5.41) is 2.86. The smallest absolute Gasteiger partial charge is 0.267 e. The quantitative estimate of drug-likeness (QED) is 0.305. The minimum atomic E-state index is -0.0457. The van der Waals surface area contributed by atoms with Crippen LogP contribution in [-0.2, 0) is 17.9 Å². The molecule has 0 N–H and O–H groups in total. The predicted molar refractivity (Wildman–Crippen MR) is 141 cm³/mol. The summed E-state index contributed by atoms with van der Waals surface area (Å²) in [6.45, 7) is 0.997. The standard InChI is InChI=1S/C29H24N2O2S/c1-33-26-17-16-23-14-8-9-15-24(23)25(26)18-27-28(32)31(20-22-12-6-3-7-13-22)29(34-27)30-19-21-10-4-2-5-11-21/h2-18H,19-20H2,1H3/b27-18+,30-29?. The highest BCUT2D eigenvalue weighted by molar-refractivity contribution is 8.18. The first-order chi connectivity index (χ1) is 16.7. The molecule has 1 amide bonds.